The average Bonchev–Trinajstić information content (AvgIpc) is 2.85. The second-order valence-corrected chi connectivity index (χ2v) is 6.21. The number of esters is 1. The van der Waals surface area contributed by atoms with E-state index >= 15 is 0 Å². The van der Waals surface area contributed by atoms with Crippen molar-refractivity contribution in [3.05, 3.63) is 34.2 Å². The van der Waals surface area contributed by atoms with Gasteiger partial charge < -0.3 is 4.74 Å². The van der Waals surface area contributed by atoms with Crippen LogP contribution in [0.2, 0.25) is 5.02 Å². The third-order valence-electron chi connectivity index (χ3n) is 2.55. The molecular formula is C12H7ClO2S2. The van der Waals surface area contributed by atoms with Gasteiger partial charge >= 0.3 is 5.97 Å². The van der Waals surface area contributed by atoms with Crippen LogP contribution in [-0.4, -0.2) is 13.1 Å². The molecule has 0 aliphatic heterocycles. The van der Waals surface area contributed by atoms with E-state index in [0.717, 1.165) is 14.8 Å². The first-order chi connectivity index (χ1) is 8.22. The summed E-state index contributed by atoms with van der Waals surface area (Å²) in [5.74, 6) is -0.368. The summed E-state index contributed by atoms with van der Waals surface area (Å²) in [6.07, 6.45) is 0. The molecule has 1 aromatic carbocycles. The predicted molar refractivity (Wildman–Crippen MR) is 73.6 cm³/mol. The number of carbonyl (C=O) groups is 1. The van der Waals surface area contributed by atoms with Gasteiger partial charge in [0.15, 0.2) is 0 Å². The van der Waals surface area contributed by atoms with E-state index < -0.39 is 0 Å². The molecule has 0 unspecified atom stereocenters. The highest BCUT2D eigenvalue weighted by Crippen LogP contribution is 2.45. The zero-order valence-corrected chi connectivity index (χ0v) is 11.2. The summed E-state index contributed by atoms with van der Waals surface area (Å²) in [4.78, 5) is 12.0. The first kappa shape index (κ1) is 11.0. The lowest BCUT2D eigenvalue weighted by Crippen LogP contribution is -1.97. The van der Waals surface area contributed by atoms with Crippen molar-refractivity contribution in [2.24, 2.45) is 0 Å². The molecular weight excluding hydrogens is 276 g/mol. The van der Waals surface area contributed by atoms with Gasteiger partial charge in [0.2, 0.25) is 0 Å². The van der Waals surface area contributed by atoms with Gasteiger partial charge in [-0.25, -0.2) is 4.79 Å². The Morgan fingerprint density at radius 1 is 1.29 bits per heavy atom. The smallest absolute Gasteiger partial charge is 0.349 e. The lowest BCUT2D eigenvalue weighted by molar-refractivity contribution is 0.0606. The fourth-order valence-corrected chi connectivity index (χ4v) is 4.76. The SMILES string of the molecule is COC(=O)c1sc2sc3ccccc3c2c1Cl. The molecule has 5 heteroatoms. The Morgan fingerprint density at radius 2 is 2.06 bits per heavy atom. The van der Waals surface area contributed by atoms with Gasteiger partial charge in [0.05, 0.1) is 16.1 Å². The number of thiophene rings is 2. The maximum atomic E-state index is 11.5. The molecule has 0 aliphatic carbocycles. The fourth-order valence-electron chi connectivity index (χ4n) is 1.78. The van der Waals surface area contributed by atoms with E-state index in [2.05, 4.69) is 6.07 Å². The number of fused-ring (bicyclic) bond motifs is 3. The number of hydrogen-bond acceptors (Lipinski definition) is 4. The molecule has 0 spiro atoms. The summed E-state index contributed by atoms with van der Waals surface area (Å²) in [7, 11) is 1.37. The van der Waals surface area contributed by atoms with Gasteiger partial charge in [-0.1, -0.05) is 29.8 Å². The van der Waals surface area contributed by atoms with E-state index in [1.54, 1.807) is 11.3 Å². The van der Waals surface area contributed by atoms with Crippen LogP contribution in [0.4, 0.5) is 0 Å². The molecule has 0 atom stereocenters. The van der Waals surface area contributed by atoms with E-state index in [-0.39, 0.29) is 5.97 Å². The molecule has 2 nitrogen and oxygen atoms in total. The number of methoxy groups -OCH3 is 1. The lowest BCUT2D eigenvalue weighted by atomic mass is 10.2. The number of halogens is 1. The molecule has 0 radical (unpaired) electrons. The van der Waals surface area contributed by atoms with E-state index in [1.165, 1.54) is 23.1 Å². The van der Waals surface area contributed by atoms with Gasteiger partial charge in [0, 0.05) is 15.5 Å². The summed E-state index contributed by atoms with van der Waals surface area (Å²) in [6.45, 7) is 0. The Kier molecular flexibility index (Phi) is 2.58. The topological polar surface area (TPSA) is 26.3 Å². The molecule has 86 valence electrons. The normalized spacial score (nSPS) is 11.2. The molecule has 0 fully saturated rings. The van der Waals surface area contributed by atoms with Gasteiger partial charge in [0.1, 0.15) is 4.88 Å². The van der Waals surface area contributed by atoms with Crippen LogP contribution in [0.5, 0.6) is 0 Å². The molecule has 0 amide bonds. The van der Waals surface area contributed by atoms with Crippen LogP contribution in [0.1, 0.15) is 9.67 Å². The summed E-state index contributed by atoms with van der Waals surface area (Å²) >= 11 is 9.31. The van der Waals surface area contributed by atoms with Crippen molar-refractivity contribution in [3.63, 3.8) is 0 Å². The standard InChI is InChI=1S/C12H7ClO2S2/c1-15-11(14)10-9(13)8-6-4-2-3-5-7(6)16-12(8)17-10/h2-5H,1H3. The molecule has 0 aliphatic rings. The summed E-state index contributed by atoms with van der Waals surface area (Å²) in [5, 5.41) is 2.58. The average molecular weight is 283 g/mol. The minimum Gasteiger partial charge on any atom is -0.465 e. The van der Waals surface area contributed by atoms with Crippen LogP contribution in [0.3, 0.4) is 0 Å². The highest BCUT2D eigenvalue weighted by molar-refractivity contribution is 7.42. The molecule has 3 aromatic rings. The maximum Gasteiger partial charge on any atom is 0.349 e. The summed E-state index contributed by atoms with van der Waals surface area (Å²) in [6, 6.07) is 8.05. The number of rotatable bonds is 1. The van der Waals surface area contributed by atoms with Crippen LogP contribution in [0, 0.1) is 0 Å². The first-order valence-electron chi connectivity index (χ1n) is 4.90. The van der Waals surface area contributed by atoms with Crippen LogP contribution >= 0.6 is 34.3 Å². The van der Waals surface area contributed by atoms with E-state index in [9.17, 15) is 4.79 Å². The molecule has 0 saturated carbocycles. The molecule has 0 bridgehead atoms. The van der Waals surface area contributed by atoms with Crippen LogP contribution in [-0.2, 0) is 4.74 Å². The zero-order chi connectivity index (χ0) is 12.0. The van der Waals surface area contributed by atoms with Gasteiger partial charge in [-0.15, -0.1) is 22.7 Å². The van der Waals surface area contributed by atoms with Crippen molar-refractivity contribution in [2.45, 2.75) is 0 Å². The second-order valence-electron chi connectivity index (χ2n) is 3.50. The number of ether oxygens (including phenoxy) is 1. The van der Waals surface area contributed by atoms with Crippen molar-refractivity contribution in [2.75, 3.05) is 7.11 Å². The van der Waals surface area contributed by atoms with Crippen LogP contribution in [0.15, 0.2) is 24.3 Å². The molecule has 0 saturated heterocycles. The van der Waals surface area contributed by atoms with E-state index in [0.29, 0.717) is 9.90 Å². The van der Waals surface area contributed by atoms with Gasteiger partial charge in [-0.2, -0.15) is 0 Å². The molecule has 3 rings (SSSR count). The van der Waals surface area contributed by atoms with Crippen molar-refractivity contribution >= 4 is 59.7 Å². The highest BCUT2D eigenvalue weighted by atomic mass is 35.5. The third-order valence-corrected chi connectivity index (χ3v) is 5.47. The minimum absolute atomic E-state index is 0.368. The van der Waals surface area contributed by atoms with Crippen molar-refractivity contribution < 1.29 is 9.53 Å². The Hall–Kier alpha value is -1.10. The second kappa shape index (κ2) is 3.98. The molecule has 2 heterocycles. The fraction of sp³-hybridized carbons (Fsp3) is 0.0833. The largest absolute Gasteiger partial charge is 0.465 e. The van der Waals surface area contributed by atoms with Crippen molar-refractivity contribution in [1.82, 2.24) is 0 Å². The monoisotopic (exact) mass is 282 g/mol. The van der Waals surface area contributed by atoms with Crippen LogP contribution in [0.25, 0.3) is 19.5 Å². The Balaban J connectivity index is 2.39. The predicted octanol–water partition coefficient (Wildman–Crippen LogP) is 4.56. The quantitative estimate of drug-likeness (QED) is 0.612. The van der Waals surface area contributed by atoms with Gasteiger partial charge in [0.25, 0.3) is 0 Å². The van der Waals surface area contributed by atoms with Gasteiger partial charge in [-0.05, 0) is 6.07 Å². The van der Waals surface area contributed by atoms with E-state index in [1.807, 2.05) is 18.2 Å². The number of hydrogen-bond donors (Lipinski definition) is 0. The van der Waals surface area contributed by atoms with Crippen molar-refractivity contribution in [3.8, 4) is 0 Å². The Bertz CT molecular complexity index is 727. The first-order valence-corrected chi connectivity index (χ1v) is 6.91. The Labute approximate surface area is 110 Å². The minimum atomic E-state index is -0.368. The maximum absolute atomic E-state index is 11.5. The molecule has 0 N–H and O–H groups in total. The third kappa shape index (κ3) is 1.56. The summed E-state index contributed by atoms with van der Waals surface area (Å²) < 4.78 is 6.97. The zero-order valence-electron chi connectivity index (χ0n) is 8.82. The van der Waals surface area contributed by atoms with Crippen LogP contribution < -0.4 is 0 Å². The Morgan fingerprint density at radius 3 is 2.82 bits per heavy atom. The number of carbonyl (C=O) groups excluding carboxylic acids is 1. The lowest BCUT2D eigenvalue weighted by Gasteiger charge is -1.95. The summed E-state index contributed by atoms with van der Waals surface area (Å²) in [5.41, 5.74) is 0. The van der Waals surface area contributed by atoms with Crippen molar-refractivity contribution in [1.29, 1.82) is 0 Å². The van der Waals surface area contributed by atoms with Gasteiger partial charge in [-0.3, -0.25) is 0 Å². The highest BCUT2D eigenvalue weighted by Gasteiger charge is 2.20. The number of benzene rings is 1. The molecule has 2 aromatic heterocycles. The molecule has 17 heavy (non-hydrogen) atoms. The van der Waals surface area contributed by atoms with E-state index in [4.69, 9.17) is 16.3 Å².